The van der Waals surface area contributed by atoms with Crippen molar-refractivity contribution in [2.24, 2.45) is 17.8 Å². The number of hydrogen-bond donors (Lipinski definition) is 7. The van der Waals surface area contributed by atoms with E-state index in [9.17, 15) is 54.9 Å². The summed E-state index contributed by atoms with van der Waals surface area (Å²) in [5, 5.41) is 79.9. The van der Waals surface area contributed by atoms with Crippen LogP contribution in [-0.2, 0) is 76.0 Å². The minimum absolute atomic E-state index is 0.0648. The Morgan fingerprint density at radius 2 is 1.17 bits per heavy atom. The molecule has 5 saturated heterocycles. The second kappa shape index (κ2) is 30.9. The van der Waals surface area contributed by atoms with Gasteiger partial charge in [0.15, 0.2) is 43.5 Å². The van der Waals surface area contributed by atoms with Crippen molar-refractivity contribution in [3.05, 3.63) is 0 Å². The van der Waals surface area contributed by atoms with Crippen molar-refractivity contribution in [2.45, 2.75) is 294 Å². The Bertz CT molecular complexity index is 1810. The van der Waals surface area contributed by atoms with E-state index in [1.807, 2.05) is 0 Å². The van der Waals surface area contributed by atoms with Crippen LogP contribution in [0.3, 0.4) is 0 Å². The summed E-state index contributed by atoms with van der Waals surface area (Å²) in [6, 6.07) is 0. The first-order chi connectivity index (χ1) is 36.5. The SMILES string of the molecule is CCCCCC1CCCCCCCCCC(=O)O[C@@H]2[C@@H](O[C@H]3O[C@H](C)[C@@H](OC(=O)C(C)C)[C@H](O)[C@H]3O)[C@H](C)O[C@@H](O[C@H]3[C@H](O[C@H]4[C@H](O1)O[C@H](C)[C@@H](O)[C@@H]4O)O[C@H](COC(=O)C(C)C(C)O)[C@@H](O)[C@@H]3O)[C@@H]2OC(=O)C(C)CC. The number of carbonyl (C=O) groups excluding carboxylic acids is 4. The van der Waals surface area contributed by atoms with Gasteiger partial charge in [-0.15, -0.1) is 0 Å². The van der Waals surface area contributed by atoms with Gasteiger partial charge in [-0.05, 0) is 60.3 Å². The predicted octanol–water partition coefficient (Wildman–Crippen LogP) is 2.75. The molecule has 7 N–H and O–H groups in total. The molecule has 0 aromatic carbocycles. The Hall–Kier alpha value is -2.72. The molecule has 5 fully saturated rings. The third kappa shape index (κ3) is 17.6. The first kappa shape index (κ1) is 65.1. The van der Waals surface area contributed by atoms with Gasteiger partial charge in [0.2, 0.25) is 0 Å². The Kier molecular flexibility index (Phi) is 26.1. The molecule has 23 nitrogen and oxygen atoms in total. The monoisotopic (exact) mass is 1110 g/mol. The van der Waals surface area contributed by atoms with E-state index in [1.54, 1.807) is 34.6 Å². The number of ether oxygens (including phenoxy) is 12. The van der Waals surface area contributed by atoms with Gasteiger partial charge >= 0.3 is 23.9 Å². The fraction of sp³-hybridized carbons (Fsp3) is 0.926. The molecule has 5 rings (SSSR count). The standard InChI is InChI=1S/C54H92O23/c1-11-13-19-22-33-23-20-17-15-14-16-18-21-24-35(56)72-46-43(75-51-41(62)40(61)42(31(9)68-51)73-48(63)26(3)4)32(10)69-54(47(46)74-49(64)27(5)12-2)77-45-39(60)37(58)34(25-66-50(65)28(6)29(7)55)71-53(45)76-44-38(59)36(57)30(8)67-52(44)70-33/h26-34,36-47,51-55,57-62H,11-25H2,1-10H3/t27?,28?,29?,30-,31-,32+,33?,34-,36-,37-,38+,39+,40-,41-,42-,43+,44-,45-,46-,47-,51-,52+,53+,54+/m1/s1. The van der Waals surface area contributed by atoms with Crippen LogP contribution in [0, 0.1) is 17.8 Å². The summed E-state index contributed by atoms with van der Waals surface area (Å²) < 4.78 is 74.5. The van der Waals surface area contributed by atoms with E-state index in [4.69, 9.17) is 56.8 Å². The molecule has 0 aromatic heterocycles. The van der Waals surface area contributed by atoms with Crippen LogP contribution in [0.4, 0.5) is 0 Å². The van der Waals surface area contributed by atoms with Gasteiger partial charge in [0.25, 0.3) is 0 Å². The molecule has 24 atom stereocenters. The normalized spacial score (nSPS) is 40.4. The number of unbranched alkanes of at least 4 members (excludes halogenated alkanes) is 2. The topological polar surface area (TPSA) is 321 Å². The van der Waals surface area contributed by atoms with Crippen LogP contribution in [0.15, 0.2) is 0 Å². The smallest absolute Gasteiger partial charge is 0.311 e. The first-order valence-electron chi connectivity index (χ1n) is 28.3. The maximum Gasteiger partial charge on any atom is 0.311 e. The molecule has 446 valence electrons. The molecule has 23 heteroatoms. The van der Waals surface area contributed by atoms with Gasteiger partial charge < -0.3 is 92.6 Å². The molecule has 0 radical (unpaired) electrons. The van der Waals surface area contributed by atoms with Crippen molar-refractivity contribution in [3.8, 4) is 0 Å². The summed E-state index contributed by atoms with van der Waals surface area (Å²) in [5.41, 5.74) is 0. The summed E-state index contributed by atoms with van der Waals surface area (Å²) in [4.78, 5) is 53.6. The molecule has 5 aliphatic rings. The highest BCUT2D eigenvalue weighted by atomic mass is 16.8. The van der Waals surface area contributed by atoms with E-state index in [0.717, 1.165) is 51.4 Å². The zero-order chi connectivity index (χ0) is 56.8. The van der Waals surface area contributed by atoms with Crippen LogP contribution >= 0.6 is 0 Å². The predicted molar refractivity (Wildman–Crippen MR) is 269 cm³/mol. The quantitative estimate of drug-likeness (QED) is 0.0704. The molecule has 5 heterocycles. The maximum absolute atomic E-state index is 14.1. The minimum atomic E-state index is -2.02. The van der Waals surface area contributed by atoms with Crippen molar-refractivity contribution < 1.29 is 112 Å². The first-order valence-corrected chi connectivity index (χ1v) is 28.3. The Morgan fingerprint density at radius 3 is 1.81 bits per heavy atom. The number of esters is 4. The molecule has 2 bridgehead atoms. The Morgan fingerprint density at radius 1 is 0.584 bits per heavy atom. The van der Waals surface area contributed by atoms with Crippen LogP contribution in [0.5, 0.6) is 0 Å². The van der Waals surface area contributed by atoms with E-state index in [1.165, 1.54) is 27.7 Å². The second-order valence-corrected chi connectivity index (χ2v) is 22.1. The van der Waals surface area contributed by atoms with Gasteiger partial charge in [-0.1, -0.05) is 92.4 Å². The van der Waals surface area contributed by atoms with E-state index in [0.29, 0.717) is 32.1 Å². The highest BCUT2D eigenvalue weighted by Crippen LogP contribution is 2.38. The van der Waals surface area contributed by atoms with E-state index >= 15 is 0 Å². The number of hydrogen-bond acceptors (Lipinski definition) is 23. The maximum atomic E-state index is 14.1. The molecular formula is C54H92O23. The van der Waals surface area contributed by atoms with E-state index in [2.05, 4.69) is 6.92 Å². The minimum Gasteiger partial charge on any atom is -0.463 e. The third-order valence-corrected chi connectivity index (χ3v) is 15.4. The molecule has 0 aliphatic carbocycles. The largest absolute Gasteiger partial charge is 0.463 e. The van der Waals surface area contributed by atoms with Gasteiger partial charge in [0.1, 0.15) is 67.6 Å². The average Bonchev–Trinajstić information content (AvgIpc) is 3.39. The third-order valence-electron chi connectivity index (χ3n) is 15.4. The molecule has 0 aromatic rings. The number of fused-ring (bicyclic) bond motifs is 4. The molecule has 0 spiro atoms. The highest BCUT2D eigenvalue weighted by Gasteiger charge is 2.58. The van der Waals surface area contributed by atoms with E-state index in [-0.39, 0.29) is 12.5 Å². The van der Waals surface area contributed by atoms with E-state index < -0.39 is 177 Å². The fourth-order valence-electron chi connectivity index (χ4n) is 9.84. The van der Waals surface area contributed by atoms with Crippen molar-refractivity contribution in [2.75, 3.05) is 6.61 Å². The fourth-order valence-corrected chi connectivity index (χ4v) is 9.84. The van der Waals surface area contributed by atoms with Gasteiger partial charge in [-0.25, -0.2) is 0 Å². The highest BCUT2D eigenvalue weighted by molar-refractivity contribution is 5.73. The summed E-state index contributed by atoms with van der Waals surface area (Å²) in [6.45, 7) is 15.4. The number of aliphatic hydroxyl groups excluding tert-OH is 7. The molecular weight excluding hydrogens is 1020 g/mol. The summed E-state index contributed by atoms with van der Waals surface area (Å²) in [5.74, 6) is -5.30. The lowest BCUT2D eigenvalue weighted by Crippen LogP contribution is -2.68. The molecule has 5 aliphatic heterocycles. The van der Waals surface area contributed by atoms with Crippen molar-refractivity contribution >= 4 is 23.9 Å². The van der Waals surface area contributed by atoms with Crippen LogP contribution < -0.4 is 0 Å². The molecule has 0 amide bonds. The molecule has 4 unspecified atom stereocenters. The van der Waals surface area contributed by atoms with Gasteiger partial charge in [-0.2, -0.15) is 0 Å². The van der Waals surface area contributed by atoms with Crippen molar-refractivity contribution in [1.82, 2.24) is 0 Å². The van der Waals surface area contributed by atoms with Crippen LogP contribution in [0.25, 0.3) is 0 Å². The lowest BCUT2D eigenvalue weighted by atomic mass is 9.95. The number of rotatable bonds is 15. The second-order valence-electron chi connectivity index (χ2n) is 22.1. The van der Waals surface area contributed by atoms with Gasteiger partial charge in [0.05, 0.1) is 48.3 Å². The Labute approximate surface area is 453 Å². The number of aliphatic hydroxyl groups is 7. The van der Waals surface area contributed by atoms with Crippen LogP contribution in [-0.4, -0.2) is 201 Å². The summed E-state index contributed by atoms with van der Waals surface area (Å²) >= 11 is 0. The van der Waals surface area contributed by atoms with Gasteiger partial charge in [-0.3, -0.25) is 19.2 Å². The van der Waals surface area contributed by atoms with Crippen molar-refractivity contribution in [3.63, 3.8) is 0 Å². The lowest BCUT2D eigenvalue weighted by molar-refractivity contribution is -0.399. The van der Waals surface area contributed by atoms with Crippen LogP contribution in [0.1, 0.15) is 159 Å². The summed E-state index contributed by atoms with van der Waals surface area (Å²) in [7, 11) is 0. The number of carbonyl (C=O) groups is 4. The zero-order valence-corrected chi connectivity index (χ0v) is 46.7. The zero-order valence-electron chi connectivity index (χ0n) is 46.7. The van der Waals surface area contributed by atoms with Crippen LogP contribution in [0.2, 0.25) is 0 Å². The van der Waals surface area contributed by atoms with Crippen molar-refractivity contribution in [1.29, 1.82) is 0 Å². The van der Waals surface area contributed by atoms with Gasteiger partial charge in [0, 0.05) is 6.42 Å². The average molecular weight is 1110 g/mol. The molecule has 77 heavy (non-hydrogen) atoms. The summed E-state index contributed by atoms with van der Waals surface area (Å²) in [6.07, 6.45) is -23.5. The Balaban J connectivity index is 1.59. The molecule has 0 saturated carbocycles. The lowest BCUT2D eigenvalue weighted by Gasteiger charge is -2.50.